The lowest BCUT2D eigenvalue weighted by Gasteiger charge is -2.09. The lowest BCUT2D eigenvalue weighted by Crippen LogP contribution is -2.11. The van der Waals surface area contributed by atoms with Gasteiger partial charge in [0.05, 0.1) is 10.0 Å². The summed E-state index contributed by atoms with van der Waals surface area (Å²) >= 11 is 6.81. The number of halogens is 1. The van der Waals surface area contributed by atoms with Gasteiger partial charge in [-0.1, -0.05) is 17.7 Å². The molecule has 3 aromatic rings. The van der Waals surface area contributed by atoms with Crippen molar-refractivity contribution >= 4 is 38.6 Å². The summed E-state index contributed by atoms with van der Waals surface area (Å²) in [6.07, 6.45) is 3.79. The lowest BCUT2D eigenvalue weighted by molar-refractivity contribution is 0.603. The molecule has 3 rings (SSSR count). The third kappa shape index (κ3) is 3.12. The number of hydrogen-bond acceptors (Lipinski definition) is 3. The van der Waals surface area contributed by atoms with E-state index in [-0.39, 0.29) is 4.21 Å². The van der Waals surface area contributed by atoms with E-state index in [1.807, 2.05) is 35.2 Å². The van der Waals surface area contributed by atoms with Gasteiger partial charge in [0.1, 0.15) is 4.21 Å². The number of nitrogens with one attached hydrogen (secondary N) is 1. The van der Waals surface area contributed by atoms with Crippen molar-refractivity contribution in [3.8, 4) is 5.69 Å². The first kappa shape index (κ1) is 14.2. The van der Waals surface area contributed by atoms with Crippen molar-refractivity contribution < 1.29 is 8.42 Å². The highest BCUT2D eigenvalue weighted by atomic mass is 35.5. The Bertz CT molecular complexity index is 855. The van der Waals surface area contributed by atoms with Gasteiger partial charge in [0.15, 0.2) is 0 Å². The molecule has 0 spiro atoms. The van der Waals surface area contributed by atoms with E-state index >= 15 is 0 Å². The lowest BCUT2D eigenvalue weighted by atomic mass is 10.3. The summed E-state index contributed by atoms with van der Waals surface area (Å²) in [7, 11) is -3.60. The zero-order chi connectivity index (χ0) is 14.9. The van der Waals surface area contributed by atoms with Crippen molar-refractivity contribution in [3.63, 3.8) is 0 Å². The fourth-order valence-electron chi connectivity index (χ4n) is 1.88. The fraction of sp³-hybridized carbons (Fsp3) is 0. The van der Waals surface area contributed by atoms with E-state index in [1.54, 1.807) is 24.3 Å². The average molecular weight is 339 g/mol. The van der Waals surface area contributed by atoms with Gasteiger partial charge in [0.25, 0.3) is 10.0 Å². The number of benzene rings is 1. The molecule has 0 radical (unpaired) electrons. The Kier molecular flexibility index (Phi) is 3.75. The molecule has 0 atom stereocenters. The van der Waals surface area contributed by atoms with Gasteiger partial charge in [-0.25, -0.2) is 8.42 Å². The normalized spacial score (nSPS) is 11.5. The van der Waals surface area contributed by atoms with Crippen molar-refractivity contribution in [2.75, 3.05) is 4.72 Å². The molecule has 2 aromatic heterocycles. The molecule has 0 fully saturated rings. The van der Waals surface area contributed by atoms with Crippen LogP contribution in [0.3, 0.4) is 0 Å². The van der Waals surface area contributed by atoms with E-state index in [1.165, 1.54) is 6.07 Å². The van der Waals surface area contributed by atoms with Crippen LogP contribution >= 0.6 is 22.9 Å². The third-order valence-corrected chi connectivity index (χ3v) is 5.92. The van der Waals surface area contributed by atoms with Gasteiger partial charge in [-0.3, -0.25) is 4.72 Å². The molecule has 0 aliphatic rings. The second-order valence-electron chi connectivity index (χ2n) is 4.30. The summed E-state index contributed by atoms with van der Waals surface area (Å²) in [5, 5.41) is 0. The molecule has 1 N–H and O–H groups in total. The summed E-state index contributed by atoms with van der Waals surface area (Å²) in [6.45, 7) is 0. The van der Waals surface area contributed by atoms with Crippen LogP contribution in [0.15, 0.2) is 65.1 Å². The predicted molar refractivity (Wildman–Crippen MR) is 85.9 cm³/mol. The van der Waals surface area contributed by atoms with Gasteiger partial charge in [0, 0.05) is 18.1 Å². The van der Waals surface area contributed by atoms with Crippen molar-refractivity contribution in [1.82, 2.24) is 4.57 Å². The van der Waals surface area contributed by atoms with Gasteiger partial charge in [-0.15, -0.1) is 11.3 Å². The van der Waals surface area contributed by atoms with Crippen LogP contribution in [0.2, 0.25) is 4.34 Å². The van der Waals surface area contributed by atoms with Crippen molar-refractivity contribution in [1.29, 1.82) is 0 Å². The number of sulfonamides is 1. The van der Waals surface area contributed by atoms with Crippen molar-refractivity contribution in [3.05, 3.63) is 65.3 Å². The highest BCUT2D eigenvalue weighted by Crippen LogP contribution is 2.27. The van der Waals surface area contributed by atoms with Crippen LogP contribution in [0, 0.1) is 0 Å². The van der Waals surface area contributed by atoms with Crippen LogP contribution in [0.5, 0.6) is 0 Å². The fourth-order valence-corrected chi connectivity index (χ4v) is 4.42. The Labute approximate surface area is 131 Å². The minimum atomic E-state index is -3.60. The van der Waals surface area contributed by atoms with Crippen LogP contribution in [-0.4, -0.2) is 13.0 Å². The van der Waals surface area contributed by atoms with Gasteiger partial charge >= 0.3 is 0 Å². The molecule has 7 heteroatoms. The average Bonchev–Trinajstić information content (AvgIpc) is 3.09. The van der Waals surface area contributed by atoms with Crippen LogP contribution in [0.4, 0.5) is 5.69 Å². The molecule has 1 aromatic carbocycles. The van der Waals surface area contributed by atoms with E-state index in [4.69, 9.17) is 11.6 Å². The molecule has 0 aliphatic heterocycles. The zero-order valence-electron chi connectivity index (χ0n) is 10.7. The largest absolute Gasteiger partial charge is 0.324 e. The maximum absolute atomic E-state index is 12.2. The quantitative estimate of drug-likeness (QED) is 0.782. The van der Waals surface area contributed by atoms with E-state index in [0.29, 0.717) is 10.0 Å². The summed E-state index contributed by atoms with van der Waals surface area (Å²) in [6, 6.07) is 14.1. The van der Waals surface area contributed by atoms with Gasteiger partial charge in [-0.05, 0) is 42.5 Å². The molecule has 4 nitrogen and oxygen atoms in total. The first-order chi connectivity index (χ1) is 10.0. The summed E-state index contributed by atoms with van der Waals surface area (Å²) in [5.74, 6) is 0. The summed E-state index contributed by atoms with van der Waals surface area (Å²) < 4.78 is 29.6. The molecule has 0 bridgehead atoms. The number of anilines is 1. The number of aromatic nitrogens is 1. The van der Waals surface area contributed by atoms with E-state index in [9.17, 15) is 8.42 Å². The smallest absolute Gasteiger partial charge is 0.271 e. The molecule has 108 valence electrons. The molecular formula is C14H11ClN2O2S2. The zero-order valence-corrected chi connectivity index (χ0v) is 13.1. The predicted octanol–water partition coefficient (Wildman–Crippen LogP) is 3.99. The molecule has 0 aliphatic carbocycles. The van der Waals surface area contributed by atoms with E-state index in [2.05, 4.69) is 4.72 Å². The maximum atomic E-state index is 12.2. The third-order valence-electron chi connectivity index (χ3n) is 2.81. The topological polar surface area (TPSA) is 51.1 Å². The standard InChI is InChI=1S/C14H11ClN2O2S2/c15-13-6-7-14(20-13)21(18,19)16-11-4-3-5-12(10-11)17-8-1-2-9-17/h1-10,16H. The van der Waals surface area contributed by atoms with Gasteiger partial charge in [-0.2, -0.15) is 0 Å². The molecule has 0 amide bonds. The molecule has 0 unspecified atom stereocenters. The van der Waals surface area contributed by atoms with Crippen LogP contribution < -0.4 is 4.72 Å². The Morgan fingerprint density at radius 2 is 1.81 bits per heavy atom. The Morgan fingerprint density at radius 3 is 2.48 bits per heavy atom. The minimum Gasteiger partial charge on any atom is -0.324 e. The molecule has 21 heavy (non-hydrogen) atoms. The first-order valence-electron chi connectivity index (χ1n) is 6.06. The highest BCUT2D eigenvalue weighted by Gasteiger charge is 2.16. The van der Waals surface area contributed by atoms with Crippen LogP contribution in [0.1, 0.15) is 0 Å². The van der Waals surface area contributed by atoms with Gasteiger partial charge < -0.3 is 4.57 Å². The van der Waals surface area contributed by atoms with Crippen LogP contribution in [-0.2, 0) is 10.0 Å². The second-order valence-corrected chi connectivity index (χ2v) is 7.93. The number of hydrogen-bond donors (Lipinski definition) is 1. The Balaban J connectivity index is 1.90. The van der Waals surface area contributed by atoms with Crippen molar-refractivity contribution in [2.24, 2.45) is 0 Å². The van der Waals surface area contributed by atoms with Crippen molar-refractivity contribution in [2.45, 2.75) is 4.21 Å². The number of rotatable bonds is 4. The maximum Gasteiger partial charge on any atom is 0.271 e. The molecule has 2 heterocycles. The van der Waals surface area contributed by atoms with Crippen LogP contribution in [0.25, 0.3) is 5.69 Å². The SMILES string of the molecule is O=S(=O)(Nc1cccc(-n2cccc2)c1)c1ccc(Cl)s1. The Hall–Kier alpha value is -1.76. The molecular weight excluding hydrogens is 328 g/mol. The summed E-state index contributed by atoms with van der Waals surface area (Å²) in [5.41, 5.74) is 1.38. The minimum absolute atomic E-state index is 0.193. The monoisotopic (exact) mass is 338 g/mol. The van der Waals surface area contributed by atoms with E-state index < -0.39 is 10.0 Å². The summed E-state index contributed by atoms with van der Waals surface area (Å²) in [4.78, 5) is 0. The Morgan fingerprint density at radius 1 is 1.05 bits per heavy atom. The van der Waals surface area contributed by atoms with E-state index in [0.717, 1.165) is 17.0 Å². The first-order valence-corrected chi connectivity index (χ1v) is 8.74. The molecule has 0 saturated carbocycles. The highest BCUT2D eigenvalue weighted by molar-refractivity contribution is 7.94. The second kappa shape index (κ2) is 5.55. The molecule has 0 saturated heterocycles. The number of nitrogens with zero attached hydrogens (tertiary/aromatic N) is 1. The van der Waals surface area contributed by atoms with Gasteiger partial charge in [0.2, 0.25) is 0 Å². The number of thiophene rings is 1.